The van der Waals surface area contributed by atoms with Crippen LogP contribution in [0, 0.1) is 23.7 Å². The van der Waals surface area contributed by atoms with Crippen LogP contribution in [0.3, 0.4) is 0 Å². The zero-order chi connectivity index (χ0) is 15.2. The Labute approximate surface area is 135 Å². The second kappa shape index (κ2) is 8.44. The lowest BCUT2D eigenvalue weighted by Gasteiger charge is -2.17. The molecule has 4 atom stereocenters. The molecule has 21 heavy (non-hydrogen) atoms. The van der Waals surface area contributed by atoms with Gasteiger partial charge in [0.25, 0.3) is 4.45 Å². The highest BCUT2D eigenvalue weighted by atomic mass is 32.2. The van der Waals surface area contributed by atoms with Crippen molar-refractivity contribution in [1.82, 2.24) is 0 Å². The Balaban J connectivity index is 1.86. The Morgan fingerprint density at radius 3 is 2.62 bits per heavy atom. The number of hydrogen-bond donors (Lipinski definition) is 0. The summed E-state index contributed by atoms with van der Waals surface area (Å²) in [5.74, 6) is 2.36. The summed E-state index contributed by atoms with van der Waals surface area (Å²) < 4.78 is 10.3. The van der Waals surface area contributed by atoms with Gasteiger partial charge in [-0.3, -0.25) is 9.59 Å². The van der Waals surface area contributed by atoms with Crippen molar-refractivity contribution in [3.8, 4) is 0 Å². The summed E-state index contributed by atoms with van der Waals surface area (Å²) in [5.41, 5.74) is 0. The minimum Gasteiger partial charge on any atom is -0.466 e. The van der Waals surface area contributed by atoms with Crippen LogP contribution < -0.4 is 0 Å². The van der Waals surface area contributed by atoms with Crippen LogP contribution in [-0.4, -0.2) is 29.4 Å². The van der Waals surface area contributed by atoms with Crippen molar-refractivity contribution in [2.24, 2.45) is 23.7 Å². The number of esters is 1. The van der Waals surface area contributed by atoms with Gasteiger partial charge in [-0.1, -0.05) is 18.2 Å². The summed E-state index contributed by atoms with van der Waals surface area (Å²) in [6.07, 6.45) is 4.41. The van der Waals surface area contributed by atoms with E-state index in [-0.39, 0.29) is 16.3 Å². The number of hydrogen-bond acceptors (Lipinski definition) is 6. The second-order valence-corrected chi connectivity index (χ2v) is 7.69. The van der Waals surface area contributed by atoms with E-state index in [1.54, 1.807) is 0 Å². The molecule has 2 fully saturated rings. The first kappa shape index (κ1) is 17.2. The Hall–Kier alpha value is -0.200. The molecule has 4 unspecified atom stereocenters. The van der Waals surface area contributed by atoms with Gasteiger partial charge in [-0.15, -0.1) is 0 Å². The highest BCUT2D eigenvalue weighted by Gasteiger charge is 2.48. The number of rotatable bonds is 6. The van der Waals surface area contributed by atoms with Gasteiger partial charge in [-0.2, -0.15) is 0 Å². The fourth-order valence-corrected chi connectivity index (χ4v) is 5.28. The minimum absolute atomic E-state index is 0.0194. The lowest BCUT2D eigenvalue weighted by Crippen LogP contribution is -2.21. The van der Waals surface area contributed by atoms with Gasteiger partial charge in [0, 0.05) is 5.75 Å². The number of carbonyl (C=O) groups excluding carboxylic acids is 2. The quantitative estimate of drug-likeness (QED) is 0.538. The molecule has 0 saturated heterocycles. The van der Waals surface area contributed by atoms with Crippen molar-refractivity contribution >= 4 is 34.2 Å². The molecule has 2 aliphatic rings. The maximum absolute atomic E-state index is 12.1. The van der Waals surface area contributed by atoms with Crippen molar-refractivity contribution < 1.29 is 18.5 Å². The molecular weight excluding hydrogens is 308 g/mol. The van der Waals surface area contributed by atoms with Gasteiger partial charge in [-0.05, 0) is 50.9 Å². The second-order valence-electron chi connectivity index (χ2n) is 5.66. The van der Waals surface area contributed by atoms with Crippen LogP contribution >= 0.6 is 23.8 Å². The van der Waals surface area contributed by atoms with E-state index in [1.807, 2.05) is 13.8 Å². The van der Waals surface area contributed by atoms with E-state index in [0.717, 1.165) is 30.6 Å². The summed E-state index contributed by atoms with van der Waals surface area (Å²) in [4.78, 5) is 23.8. The van der Waals surface area contributed by atoms with Gasteiger partial charge in [0.15, 0.2) is 0 Å². The molecule has 0 radical (unpaired) electrons. The number of ether oxygens (including phenoxy) is 1. The molecule has 0 aromatic rings. The topological polar surface area (TPSA) is 52.6 Å². The average Bonchev–Trinajstić information content (AvgIpc) is 3.05. The maximum atomic E-state index is 12.1. The number of thioether (sulfide) groups is 1. The molecule has 120 valence electrons. The third-order valence-corrected chi connectivity index (χ3v) is 6.43. The van der Waals surface area contributed by atoms with Crippen LogP contribution in [0.15, 0.2) is 0 Å². The summed E-state index contributed by atoms with van der Waals surface area (Å²) in [6, 6.07) is 0. The SMILES string of the molecule is CCOSC(=O)SCC1CC(C(=O)OCC)C2CCCC12. The molecule has 0 spiro atoms. The third-order valence-electron chi connectivity index (χ3n) is 4.55. The van der Waals surface area contributed by atoms with Crippen molar-refractivity contribution in [2.45, 2.75) is 39.5 Å². The highest BCUT2D eigenvalue weighted by molar-refractivity contribution is 8.36. The molecule has 0 bridgehead atoms. The molecule has 4 nitrogen and oxygen atoms in total. The number of fused-ring (bicyclic) bond motifs is 1. The van der Waals surface area contributed by atoms with Gasteiger partial charge < -0.3 is 8.92 Å². The van der Waals surface area contributed by atoms with Crippen LogP contribution in [0.25, 0.3) is 0 Å². The lowest BCUT2D eigenvalue weighted by molar-refractivity contribution is -0.149. The molecule has 6 heteroatoms. The third kappa shape index (κ3) is 4.39. The largest absolute Gasteiger partial charge is 0.466 e. The molecule has 0 aromatic heterocycles. The Morgan fingerprint density at radius 1 is 1.14 bits per heavy atom. The Kier molecular flexibility index (Phi) is 6.89. The molecule has 0 aromatic carbocycles. The normalized spacial score (nSPS) is 31.1. The predicted octanol–water partition coefficient (Wildman–Crippen LogP) is 4.14. The lowest BCUT2D eigenvalue weighted by atomic mass is 9.91. The van der Waals surface area contributed by atoms with E-state index >= 15 is 0 Å². The minimum atomic E-state index is -0.0306. The molecule has 0 N–H and O–H groups in total. The van der Waals surface area contributed by atoms with E-state index in [4.69, 9.17) is 8.92 Å². The fourth-order valence-electron chi connectivity index (χ4n) is 3.80. The fraction of sp³-hybridized carbons (Fsp3) is 0.867. The Morgan fingerprint density at radius 2 is 1.90 bits per heavy atom. The van der Waals surface area contributed by atoms with Gasteiger partial charge in [-0.25, -0.2) is 0 Å². The van der Waals surface area contributed by atoms with Gasteiger partial charge in [0.2, 0.25) is 0 Å². The van der Waals surface area contributed by atoms with Gasteiger partial charge in [0.05, 0.1) is 31.2 Å². The van der Waals surface area contributed by atoms with Crippen LogP contribution in [0.4, 0.5) is 4.79 Å². The zero-order valence-electron chi connectivity index (χ0n) is 12.7. The van der Waals surface area contributed by atoms with Crippen molar-refractivity contribution in [2.75, 3.05) is 19.0 Å². The van der Waals surface area contributed by atoms with Crippen LogP contribution in [0.5, 0.6) is 0 Å². The molecule has 0 amide bonds. The number of carbonyl (C=O) groups is 2. The van der Waals surface area contributed by atoms with Crippen molar-refractivity contribution in [1.29, 1.82) is 0 Å². The first-order valence-corrected chi connectivity index (χ1v) is 9.52. The van der Waals surface area contributed by atoms with E-state index in [0.29, 0.717) is 31.0 Å². The summed E-state index contributed by atoms with van der Waals surface area (Å²) in [5, 5.41) is 0. The first-order chi connectivity index (χ1) is 10.2. The van der Waals surface area contributed by atoms with E-state index < -0.39 is 0 Å². The van der Waals surface area contributed by atoms with Crippen molar-refractivity contribution in [3.63, 3.8) is 0 Å². The predicted molar refractivity (Wildman–Crippen MR) is 86.1 cm³/mol. The molecule has 2 aliphatic carbocycles. The van der Waals surface area contributed by atoms with E-state index in [2.05, 4.69) is 0 Å². The monoisotopic (exact) mass is 332 g/mol. The van der Waals surface area contributed by atoms with Gasteiger partial charge >= 0.3 is 5.97 Å². The van der Waals surface area contributed by atoms with Crippen LogP contribution in [0.2, 0.25) is 0 Å². The van der Waals surface area contributed by atoms with E-state index in [9.17, 15) is 9.59 Å². The molecule has 0 aliphatic heterocycles. The Bertz CT molecular complexity index is 375. The zero-order valence-corrected chi connectivity index (χ0v) is 14.3. The summed E-state index contributed by atoms with van der Waals surface area (Å²) >= 11 is 2.27. The molecule has 2 saturated carbocycles. The standard InChI is InChI=1S/C15H24O4S2/c1-3-18-14(16)13-8-10(11-6-5-7-12(11)13)9-20-15(17)21-19-4-2/h10-13H,3-9H2,1-2H3. The summed E-state index contributed by atoms with van der Waals surface area (Å²) in [7, 11) is 0. The summed E-state index contributed by atoms with van der Waals surface area (Å²) in [6.45, 7) is 4.72. The van der Waals surface area contributed by atoms with Gasteiger partial charge in [0.1, 0.15) is 0 Å². The average molecular weight is 332 g/mol. The molecule has 0 heterocycles. The van der Waals surface area contributed by atoms with Crippen molar-refractivity contribution in [3.05, 3.63) is 0 Å². The smallest absolute Gasteiger partial charge is 0.309 e. The highest BCUT2D eigenvalue weighted by Crippen LogP contribution is 2.52. The van der Waals surface area contributed by atoms with E-state index in [1.165, 1.54) is 24.6 Å². The molecular formula is C15H24O4S2. The maximum Gasteiger partial charge on any atom is 0.309 e. The first-order valence-electron chi connectivity index (χ1n) is 7.80. The molecule has 2 rings (SSSR count). The van der Waals surface area contributed by atoms with Crippen LogP contribution in [0.1, 0.15) is 39.5 Å². The van der Waals surface area contributed by atoms with Crippen LogP contribution in [-0.2, 0) is 13.7 Å².